The van der Waals surface area contributed by atoms with Crippen LogP contribution in [0.1, 0.15) is 18.1 Å². The highest BCUT2D eigenvalue weighted by molar-refractivity contribution is 6.35. The van der Waals surface area contributed by atoms with E-state index in [2.05, 4.69) is 6.07 Å². The van der Waals surface area contributed by atoms with Crippen molar-refractivity contribution in [2.75, 3.05) is 0 Å². The Kier molecular flexibility index (Phi) is 3.77. The molecule has 0 heterocycles. The van der Waals surface area contributed by atoms with Crippen LogP contribution in [0.2, 0.25) is 10.0 Å². The minimum atomic E-state index is -0.0271. The lowest BCUT2D eigenvalue weighted by Gasteiger charge is -2.09. The topological polar surface area (TPSA) is 49.8 Å². The predicted octanol–water partition coefficient (Wildman–Crippen LogP) is 2.75. The van der Waals surface area contributed by atoms with Crippen molar-refractivity contribution in [2.24, 2.45) is 5.73 Å². The molecule has 1 atom stereocenters. The number of rotatable bonds is 2. The second-order valence-corrected chi connectivity index (χ2v) is 4.05. The fraction of sp³-hybridized carbons (Fsp3) is 0.300. The summed E-state index contributed by atoms with van der Waals surface area (Å²) in [5, 5.41) is 9.85. The SMILES string of the molecule is C[C@@H](N)Cc1c(Cl)cc(Cl)cc1C#N. The van der Waals surface area contributed by atoms with E-state index in [-0.39, 0.29) is 6.04 Å². The average molecular weight is 229 g/mol. The van der Waals surface area contributed by atoms with E-state index >= 15 is 0 Å². The van der Waals surface area contributed by atoms with Crippen LogP contribution in [0.3, 0.4) is 0 Å². The lowest BCUT2D eigenvalue weighted by Crippen LogP contribution is -2.18. The van der Waals surface area contributed by atoms with E-state index in [4.69, 9.17) is 34.2 Å². The maximum absolute atomic E-state index is 8.87. The number of halogens is 2. The van der Waals surface area contributed by atoms with Gasteiger partial charge >= 0.3 is 0 Å². The maximum Gasteiger partial charge on any atom is 0.0995 e. The standard InChI is InChI=1S/C10H10Cl2N2/c1-6(14)2-9-7(5-13)3-8(11)4-10(9)12/h3-4,6H,2,14H2,1H3/t6-/m1/s1. The van der Waals surface area contributed by atoms with E-state index in [1.165, 1.54) is 0 Å². The van der Waals surface area contributed by atoms with Crippen molar-refractivity contribution in [2.45, 2.75) is 19.4 Å². The number of nitrogens with zero attached hydrogens (tertiary/aromatic N) is 1. The van der Waals surface area contributed by atoms with Crippen molar-refractivity contribution < 1.29 is 0 Å². The van der Waals surface area contributed by atoms with Crippen LogP contribution in [0.4, 0.5) is 0 Å². The summed E-state index contributed by atoms with van der Waals surface area (Å²) in [5.41, 5.74) is 6.93. The molecular formula is C10H10Cl2N2. The van der Waals surface area contributed by atoms with Crippen LogP contribution in [-0.4, -0.2) is 6.04 Å². The Balaban J connectivity index is 3.20. The number of benzene rings is 1. The molecule has 1 rings (SSSR count). The lowest BCUT2D eigenvalue weighted by molar-refractivity contribution is 0.737. The van der Waals surface area contributed by atoms with Gasteiger partial charge in [-0.3, -0.25) is 0 Å². The van der Waals surface area contributed by atoms with Gasteiger partial charge in [-0.1, -0.05) is 23.2 Å². The van der Waals surface area contributed by atoms with Gasteiger partial charge < -0.3 is 5.73 Å². The monoisotopic (exact) mass is 228 g/mol. The molecule has 1 aromatic carbocycles. The molecule has 2 N–H and O–H groups in total. The molecule has 14 heavy (non-hydrogen) atoms. The van der Waals surface area contributed by atoms with Crippen LogP contribution in [0.5, 0.6) is 0 Å². The van der Waals surface area contributed by atoms with Crippen molar-refractivity contribution in [3.63, 3.8) is 0 Å². The average Bonchev–Trinajstić information content (AvgIpc) is 2.08. The van der Waals surface area contributed by atoms with Gasteiger partial charge in [-0.05, 0) is 31.0 Å². The molecule has 0 bridgehead atoms. The highest BCUT2D eigenvalue weighted by Gasteiger charge is 2.10. The van der Waals surface area contributed by atoms with Gasteiger partial charge in [0.05, 0.1) is 11.6 Å². The van der Waals surface area contributed by atoms with Crippen molar-refractivity contribution >= 4 is 23.2 Å². The van der Waals surface area contributed by atoms with Gasteiger partial charge in [-0.2, -0.15) is 5.26 Å². The largest absolute Gasteiger partial charge is 0.328 e. The highest BCUT2D eigenvalue weighted by atomic mass is 35.5. The molecule has 1 aromatic rings. The van der Waals surface area contributed by atoms with Gasteiger partial charge in [0, 0.05) is 16.1 Å². The summed E-state index contributed by atoms with van der Waals surface area (Å²) in [7, 11) is 0. The van der Waals surface area contributed by atoms with Crippen molar-refractivity contribution in [1.82, 2.24) is 0 Å². The second-order valence-electron chi connectivity index (χ2n) is 3.21. The zero-order valence-corrected chi connectivity index (χ0v) is 9.23. The van der Waals surface area contributed by atoms with Gasteiger partial charge in [0.1, 0.15) is 0 Å². The summed E-state index contributed by atoms with van der Waals surface area (Å²) in [6.45, 7) is 1.87. The lowest BCUT2D eigenvalue weighted by atomic mass is 10.0. The molecule has 2 nitrogen and oxygen atoms in total. The Labute approximate surface area is 93.2 Å². The number of nitrogens with two attached hydrogens (primary N) is 1. The summed E-state index contributed by atoms with van der Waals surface area (Å²) in [6.07, 6.45) is 0.582. The number of hydrogen-bond acceptors (Lipinski definition) is 2. The van der Waals surface area contributed by atoms with Crippen LogP contribution < -0.4 is 5.73 Å². The molecule has 0 fully saturated rings. The van der Waals surface area contributed by atoms with Gasteiger partial charge in [0.2, 0.25) is 0 Å². The molecule has 0 aliphatic carbocycles. The fourth-order valence-corrected chi connectivity index (χ4v) is 1.80. The first-order valence-corrected chi connectivity index (χ1v) is 4.93. The molecule has 74 valence electrons. The van der Waals surface area contributed by atoms with Crippen LogP contribution in [0.25, 0.3) is 0 Å². The number of nitriles is 1. The van der Waals surface area contributed by atoms with Crippen molar-refractivity contribution in [3.05, 3.63) is 33.3 Å². The first-order valence-electron chi connectivity index (χ1n) is 4.18. The van der Waals surface area contributed by atoms with Crippen LogP contribution >= 0.6 is 23.2 Å². The van der Waals surface area contributed by atoms with E-state index in [0.717, 1.165) is 5.56 Å². The fourth-order valence-electron chi connectivity index (χ4n) is 1.23. The zero-order valence-electron chi connectivity index (χ0n) is 7.72. The van der Waals surface area contributed by atoms with Crippen LogP contribution in [0, 0.1) is 11.3 Å². The Bertz CT molecular complexity index is 380. The smallest absolute Gasteiger partial charge is 0.0995 e. The van der Waals surface area contributed by atoms with Crippen molar-refractivity contribution in [3.8, 4) is 6.07 Å². The molecule has 4 heteroatoms. The van der Waals surface area contributed by atoms with E-state index < -0.39 is 0 Å². The Morgan fingerprint density at radius 3 is 2.64 bits per heavy atom. The van der Waals surface area contributed by atoms with Gasteiger partial charge in [-0.25, -0.2) is 0 Å². The second kappa shape index (κ2) is 4.65. The van der Waals surface area contributed by atoms with Crippen LogP contribution in [0.15, 0.2) is 12.1 Å². The molecule has 0 amide bonds. The Morgan fingerprint density at radius 2 is 2.14 bits per heavy atom. The highest BCUT2D eigenvalue weighted by Crippen LogP contribution is 2.25. The van der Waals surface area contributed by atoms with Gasteiger partial charge in [0.15, 0.2) is 0 Å². The Hall–Kier alpha value is -0.750. The van der Waals surface area contributed by atoms with Gasteiger partial charge in [0.25, 0.3) is 0 Å². The molecule has 0 aliphatic heterocycles. The summed E-state index contributed by atoms with van der Waals surface area (Å²) < 4.78 is 0. The third kappa shape index (κ3) is 2.62. The third-order valence-electron chi connectivity index (χ3n) is 1.81. The summed E-state index contributed by atoms with van der Waals surface area (Å²) in [6, 6.07) is 5.26. The van der Waals surface area contributed by atoms with E-state index in [0.29, 0.717) is 22.0 Å². The first-order chi connectivity index (χ1) is 6.54. The van der Waals surface area contributed by atoms with Crippen molar-refractivity contribution in [1.29, 1.82) is 5.26 Å². The Morgan fingerprint density at radius 1 is 1.50 bits per heavy atom. The molecule has 0 saturated heterocycles. The first kappa shape index (κ1) is 11.3. The molecule has 0 spiro atoms. The molecule has 0 radical (unpaired) electrons. The quantitative estimate of drug-likeness (QED) is 0.847. The van der Waals surface area contributed by atoms with Crippen LogP contribution in [-0.2, 0) is 6.42 Å². The molecule has 0 saturated carbocycles. The molecule has 0 unspecified atom stereocenters. The maximum atomic E-state index is 8.87. The zero-order chi connectivity index (χ0) is 10.7. The predicted molar refractivity (Wildman–Crippen MR) is 58.5 cm³/mol. The molecule has 0 aromatic heterocycles. The third-order valence-corrected chi connectivity index (χ3v) is 2.36. The van der Waals surface area contributed by atoms with E-state index in [1.54, 1.807) is 12.1 Å². The molecular weight excluding hydrogens is 219 g/mol. The van der Waals surface area contributed by atoms with E-state index in [1.807, 2.05) is 6.92 Å². The summed E-state index contributed by atoms with van der Waals surface area (Å²) >= 11 is 11.7. The van der Waals surface area contributed by atoms with E-state index in [9.17, 15) is 0 Å². The minimum absolute atomic E-state index is 0.0271. The molecule has 0 aliphatic rings. The normalized spacial score (nSPS) is 12.2. The van der Waals surface area contributed by atoms with Gasteiger partial charge in [-0.15, -0.1) is 0 Å². The summed E-state index contributed by atoms with van der Waals surface area (Å²) in [4.78, 5) is 0. The summed E-state index contributed by atoms with van der Waals surface area (Å²) in [5.74, 6) is 0. The number of hydrogen-bond donors (Lipinski definition) is 1. The minimum Gasteiger partial charge on any atom is -0.328 e.